The molecule has 1 spiro atoms. The van der Waals surface area contributed by atoms with Gasteiger partial charge in [-0.25, -0.2) is 0 Å². The second kappa shape index (κ2) is 3.68. The van der Waals surface area contributed by atoms with Crippen molar-refractivity contribution in [1.29, 1.82) is 0 Å². The fourth-order valence-electron chi connectivity index (χ4n) is 3.98. The molecule has 100 valence electrons. The number of carbonyl (C=O) groups excluding carboxylic acids is 1. The molecule has 2 fully saturated rings. The highest BCUT2D eigenvalue weighted by Gasteiger charge is 2.63. The van der Waals surface area contributed by atoms with Crippen LogP contribution in [0.3, 0.4) is 0 Å². The minimum Gasteiger partial charge on any atom is -0.348 e. The van der Waals surface area contributed by atoms with Gasteiger partial charge in [0.1, 0.15) is 0 Å². The summed E-state index contributed by atoms with van der Waals surface area (Å²) in [5.41, 5.74) is 0.463. The van der Waals surface area contributed by atoms with E-state index < -0.39 is 0 Å². The number of amides is 1. The molecule has 2 saturated carbocycles. The third kappa shape index (κ3) is 1.57. The monoisotopic (exact) mass is 259 g/mol. The Bertz CT molecular complexity index is 559. The van der Waals surface area contributed by atoms with Crippen LogP contribution in [0.25, 0.3) is 0 Å². The molecule has 3 aliphatic carbocycles. The highest BCUT2D eigenvalue weighted by atomic mass is 16.5. The number of aromatic nitrogens is 2. The molecular formula is C14H17N3O2. The molecule has 5 heteroatoms. The van der Waals surface area contributed by atoms with Gasteiger partial charge in [0.05, 0.1) is 6.54 Å². The molecule has 1 aromatic heterocycles. The average Bonchev–Trinajstić information content (AvgIpc) is 2.89. The summed E-state index contributed by atoms with van der Waals surface area (Å²) in [4.78, 5) is 16.4. The Kier molecular flexibility index (Phi) is 2.17. The number of nitrogens with zero attached hydrogens (tertiary/aromatic N) is 2. The van der Waals surface area contributed by atoms with Gasteiger partial charge < -0.3 is 9.84 Å². The standard InChI is InChI=1S/C14H17N3O2/c1-8-16-12(17-19-8)7-15-13(18)10-6-9-2-3-11(10)14(9)4-5-14/h2-3,9-11H,4-7H2,1H3,(H,15,18). The van der Waals surface area contributed by atoms with Gasteiger partial charge >= 0.3 is 0 Å². The van der Waals surface area contributed by atoms with E-state index in [2.05, 4.69) is 27.6 Å². The van der Waals surface area contributed by atoms with Gasteiger partial charge in [0.25, 0.3) is 0 Å². The fourth-order valence-corrected chi connectivity index (χ4v) is 3.98. The van der Waals surface area contributed by atoms with Gasteiger partial charge in [-0.2, -0.15) is 4.98 Å². The molecule has 1 N–H and O–H groups in total. The highest BCUT2D eigenvalue weighted by molar-refractivity contribution is 5.80. The molecule has 2 bridgehead atoms. The van der Waals surface area contributed by atoms with Gasteiger partial charge in [0, 0.05) is 12.8 Å². The van der Waals surface area contributed by atoms with Crippen molar-refractivity contribution in [3.63, 3.8) is 0 Å². The van der Waals surface area contributed by atoms with E-state index in [4.69, 9.17) is 4.52 Å². The zero-order valence-corrected chi connectivity index (χ0v) is 10.9. The Morgan fingerprint density at radius 3 is 3.00 bits per heavy atom. The van der Waals surface area contributed by atoms with E-state index in [1.807, 2.05) is 0 Å². The number of hydrogen-bond acceptors (Lipinski definition) is 4. The Morgan fingerprint density at radius 1 is 1.53 bits per heavy atom. The van der Waals surface area contributed by atoms with Crippen LogP contribution in [0.5, 0.6) is 0 Å². The van der Waals surface area contributed by atoms with Crippen molar-refractivity contribution in [2.45, 2.75) is 32.7 Å². The molecule has 1 aromatic rings. The lowest BCUT2D eigenvalue weighted by molar-refractivity contribution is -0.126. The topological polar surface area (TPSA) is 68.0 Å². The van der Waals surface area contributed by atoms with Crippen LogP contribution in [-0.4, -0.2) is 16.0 Å². The quantitative estimate of drug-likeness (QED) is 0.837. The summed E-state index contributed by atoms with van der Waals surface area (Å²) in [6.45, 7) is 2.11. The molecule has 0 aliphatic heterocycles. The number of nitrogens with one attached hydrogen (secondary N) is 1. The van der Waals surface area contributed by atoms with Crippen molar-refractivity contribution in [2.24, 2.45) is 23.2 Å². The van der Waals surface area contributed by atoms with Crippen LogP contribution in [0, 0.1) is 30.1 Å². The van der Waals surface area contributed by atoms with E-state index in [-0.39, 0.29) is 11.8 Å². The van der Waals surface area contributed by atoms with E-state index in [1.54, 1.807) is 6.92 Å². The highest BCUT2D eigenvalue weighted by Crippen LogP contribution is 2.70. The van der Waals surface area contributed by atoms with Crippen molar-refractivity contribution in [3.05, 3.63) is 23.9 Å². The summed E-state index contributed by atoms with van der Waals surface area (Å²) < 4.78 is 4.89. The maximum atomic E-state index is 12.3. The molecule has 0 aromatic carbocycles. The Morgan fingerprint density at radius 2 is 2.37 bits per heavy atom. The summed E-state index contributed by atoms with van der Waals surface area (Å²) in [6.07, 6.45) is 8.19. The maximum absolute atomic E-state index is 12.3. The maximum Gasteiger partial charge on any atom is 0.224 e. The first-order valence-corrected chi connectivity index (χ1v) is 6.94. The third-order valence-electron chi connectivity index (χ3n) is 5.05. The van der Waals surface area contributed by atoms with Gasteiger partial charge in [-0.05, 0) is 36.5 Å². The molecule has 4 rings (SSSR count). The number of hydrogen-bond donors (Lipinski definition) is 1. The molecule has 1 amide bonds. The summed E-state index contributed by atoms with van der Waals surface area (Å²) in [5.74, 6) is 2.47. The van der Waals surface area contributed by atoms with Crippen LogP contribution in [0.15, 0.2) is 16.7 Å². The molecular weight excluding hydrogens is 242 g/mol. The van der Waals surface area contributed by atoms with Crippen molar-refractivity contribution in [3.8, 4) is 0 Å². The van der Waals surface area contributed by atoms with Gasteiger partial charge in [-0.3, -0.25) is 4.79 Å². The second-order valence-electron chi connectivity index (χ2n) is 6.04. The van der Waals surface area contributed by atoms with Crippen LogP contribution in [-0.2, 0) is 11.3 Å². The lowest BCUT2D eigenvalue weighted by Crippen LogP contribution is -2.33. The normalized spacial score (nSPS) is 33.0. The molecule has 1 heterocycles. The number of carbonyl (C=O) groups is 1. The number of allylic oxidation sites excluding steroid dienone is 2. The zero-order chi connectivity index (χ0) is 13.0. The van der Waals surface area contributed by atoms with Gasteiger partial charge in [0.15, 0.2) is 5.82 Å². The second-order valence-corrected chi connectivity index (χ2v) is 6.04. The molecule has 19 heavy (non-hydrogen) atoms. The Balaban J connectivity index is 1.41. The van der Waals surface area contributed by atoms with E-state index in [0.29, 0.717) is 35.5 Å². The molecule has 3 aliphatic rings. The first kappa shape index (κ1) is 11.2. The molecule has 3 atom stereocenters. The van der Waals surface area contributed by atoms with Crippen LogP contribution >= 0.6 is 0 Å². The summed E-state index contributed by atoms with van der Waals surface area (Å²) in [6, 6.07) is 0. The molecule has 0 radical (unpaired) electrons. The average molecular weight is 259 g/mol. The van der Waals surface area contributed by atoms with E-state index in [1.165, 1.54) is 12.8 Å². The van der Waals surface area contributed by atoms with Crippen molar-refractivity contribution >= 4 is 5.91 Å². The van der Waals surface area contributed by atoms with Crippen molar-refractivity contribution < 1.29 is 9.32 Å². The van der Waals surface area contributed by atoms with Crippen LogP contribution in [0.2, 0.25) is 0 Å². The smallest absolute Gasteiger partial charge is 0.224 e. The summed E-state index contributed by atoms with van der Waals surface area (Å²) >= 11 is 0. The molecule has 3 unspecified atom stereocenters. The minimum atomic E-state index is 0.144. The lowest BCUT2D eigenvalue weighted by atomic mass is 9.88. The largest absolute Gasteiger partial charge is 0.348 e. The van der Waals surface area contributed by atoms with Crippen LogP contribution < -0.4 is 5.32 Å². The van der Waals surface area contributed by atoms with Gasteiger partial charge in [0.2, 0.25) is 11.8 Å². The summed E-state index contributed by atoms with van der Waals surface area (Å²) in [5, 5.41) is 6.74. The van der Waals surface area contributed by atoms with Crippen molar-refractivity contribution in [2.75, 3.05) is 0 Å². The van der Waals surface area contributed by atoms with Gasteiger partial charge in [-0.1, -0.05) is 17.3 Å². The molecule has 5 nitrogen and oxygen atoms in total. The third-order valence-corrected chi connectivity index (χ3v) is 5.05. The number of aryl methyl sites for hydroxylation is 1. The van der Waals surface area contributed by atoms with Gasteiger partial charge in [-0.15, -0.1) is 0 Å². The Hall–Kier alpha value is -1.65. The predicted molar refractivity (Wildman–Crippen MR) is 66.8 cm³/mol. The molecule has 0 saturated heterocycles. The van der Waals surface area contributed by atoms with Crippen molar-refractivity contribution in [1.82, 2.24) is 15.5 Å². The van der Waals surface area contributed by atoms with E-state index in [9.17, 15) is 4.79 Å². The zero-order valence-electron chi connectivity index (χ0n) is 10.9. The lowest BCUT2D eigenvalue weighted by Gasteiger charge is -2.18. The van der Waals surface area contributed by atoms with Crippen LogP contribution in [0.1, 0.15) is 31.0 Å². The SMILES string of the molecule is Cc1nc(CNC(=O)C2CC3C=CC2C32CC2)no1. The first-order chi connectivity index (χ1) is 9.19. The first-order valence-electron chi connectivity index (χ1n) is 6.94. The fraction of sp³-hybridized carbons (Fsp3) is 0.643. The number of rotatable bonds is 3. The Labute approximate surface area is 111 Å². The minimum absolute atomic E-state index is 0.144. The van der Waals surface area contributed by atoms with E-state index >= 15 is 0 Å². The summed E-state index contributed by atoms with van der Waals surface area (Å²) in [7, 11) is 0. The van der Waals surface area contributed by atoms with Crippen LogP contribution in [0.4, 0.5) is 0 Å². The predicted octanol–water partition coefficient (Wildman–Crippen LogP) is 1.60. The van der Waals surface area contributed by atoms with E-state index in [0.717, 1.165) is 6.42 Å².